The number of rotatable bonds is 4. The highest BCUT2D eigenvalue weighted by Crippen LogP contribution is 2.27. The van der Waals surface area contributed by atoms with Crippen molar-refractivity contribution in [3.8, 4) is 5.75 Å². The van der Waals surface area contributed by atoms with Crippen LogP contribution >= 0.6 is 27.5 Å². The maximum Gasteiger partial charge on any atom is 0.153 e. The first kappa shape index (κ1) is 13.8. The van der Waals surface area contributed by atoms with Crippen LogP contribution in [0.15, 0.2) is 53.5 Å². The van der Waals surface area contributed by atoms with Crippen molar-refractivity contribution in [1.29, 1.82) is 0 Å². The third-order valence-electron chi connectivity index (χ3n) is 2.48. The van der Waals surface area contributed by atoms with Crippen LogP contribution in [0, 0.1) is 0 Å². The number of carbonyl (C=O) groups excluding carboxylic acids is 1. The summed E-state index contributed by atoms with van der Waals surface area (Å²) in [5, 5.41) is 0.499. The highest BCUT2D eigenvalue weighted by molar-refractivity contribution is 9.11. The molecule has 0 aliphatic rings. The standard InChI is InChI=1S/C15H10BrClO2/c16-9-15(11-4-2-1-3-5-11)19-14-7-6-13(17)8-12(14)10-18/h1-10H/b15-9-. The average molecular weight is 338 g/mol. The van der Waals surface area contributed by atoms with E-state index < -0.39 is 0 Å². The molecule has 0 aliphatic heterocycles. The Morgan fingerprint density at radius 3 is 2.53 bits per heavy atom. The molecule has 0 aromatic heterocycles. The van der Waals surface area contributed by atoms with Gasteiger partial charge >= 0.3 is 0 Å². The van der Waals surface area contributed by atoms with Crippen LogP contribution in [0.4, 0.5) is 0 Å². The molecule has 96 valence electrons. The Bertz CT molecular complexity index is 609. The van der Waals surface area contributed by atoms with Crippen molar-refractivity contribution in [2.45, 2.75) is 0 Å². The predicted molar refractivity (Wildman–Crippen MR) is 80.8 cm³/mol. The highest BCUT2D eigenvalue weighted by atomic mass is 79.9. The van der Waals surface area contributed by atoms with Gasteiger partial charge in [0.2, 0.25) is 0 Å². The van der Waals surface area contributed by atoms with Gasteiger partial charge in [-0.15, -0.1) is 0 Å². The smallest absolute Gasteiger partial charge is 0.153 e. The SMILES string of the molecule is O=Cc1cc(Cl)ccc1O/C(=C\Br)c1ccccc1. The van der Waals surface area contributed by atoms with Gasteiger partial charge in [-0.1, -0.05) is 57.9 Å². The van der Waals surface area contributed by atoms with E-state index in [-0.39, 0.29) is 0 Å². The third kappa shape index (κ3) is 3.46. The lowest BCUT2D eigenvalue weighted by Gasteiger charge is -2.11. The first-order valence-corrected chi connectivity index (χ1v) is 6.82. The van der Waals surface area contributed by atoms with E-state index in [1.807, 2.05) is 30.3 Å². The zero-order valence-corrected chi connectivity index (χ0v) is 12.2. The lowest BCUT2D eigenvalue weighted by molar-refractivity contribution is 0.112. The topological polar surface area (TPSA) is 26.3 Å². The Morgan fingerprint density at radius 1 is 1.16 bits per heavy atom. The summed E-state index contributed by atoms with van der Waals surface area (Å²) >= 11 is 9.11. The summed E-state index contributed by atoms with van der Waals surface area (Å²) in [5.74, 6) is 1.08. The van der Waals surface area contributed by atoms with Crippen molar-refractivity contribution < 1.29 is 9.53 Å². The minimum absolute atomic E-state index is 0.412. The van der Waals surface area contributed by atoms with E-state index in [0.29, 0.717) is 22.1 Å². The summed E-state index contributed by atoms with van der Waals surface area (Å²) in [6, 6.07) is 14.5. The van der Waals surface area contributed by atoms with Gasteiger partial charge in [-0.25, -0.2) is 0 Å². The summed E-state index contributed by atoms with van der Waals surface area (Å²) in [6.45, 7) is 0. The van der Waals surface area contributed by atoms with Crippen molar-refractivity contribution in [2.24, 2.45) is 0 Å². The summed E-state index contributed by atoms with van der Waals surface area (Å²) in [7, 11) is 0. The quantitative estimate of drug-likeness (QED) is 0.584. The van der Waals surface area contributed by atoms with Crippen LogP contribution in [0.5, 0.6) is 5.75 Å². The summed E-state index contributed by atoms with van der Waals surface area (Å²) in [5.41, 5.74) is 1.32. The van der Waals surface area contributed by atoms with Crippen LogP contribution in [0.1, 0.15) is 15.9 Å². The molecule has 0 radical (unpaired) electrons. The van der Waals surface area contributed by atoms with E-state index in [1.165, 1.54) is 0 Å². The number of carbonyl (C=O) groups is 1. The van der Waals surface area contributed by atoms with Crippen LogP contribution < -0.4 is 4.74 Å². The van der Waals surface area contributed by atoms with E-state index in [4.69, 9.17) is 16.3 Å². The zero-order valence-electron chi connectivity index (χ0n) is 9.85. The molecule has 0 aliphatic carbocycles. The van der Waals surface area contributed by atoms with Gasteiger partial charge in [0, 0.05) is 15.6 Å². The largest absolute Gasteiger partial charge is 0.455 e. The second-order valence-corrected chi connectivity index (χ2v) is 4.64. The minimum Gasteiger partial charge on any atom is -0.455 e. The number of aldehydes is 1. The summed E-state index contributed by atoms with van der Waals surface area (Å²) in [4.78, 5) is 12.7. The molecule has 2 nitrogen and oxygen atoms in total. The van der Waals surface area contributed by atoms with Gasteiger partial charge in [0.05, 0.1) is 5.56 Å². The zero-order chi connectivity index (χ0) is 13.7. The van der Waals surface area contributed by atoms with Gasteiger partial charge in [0.25, 0.3) is 0 Å². The highest BCUT2D eigenvalue weighted by Gasteiger charge is 2.08. The molecular weight excluding hydrogens is 328 g/mol. The average Bonchev–Trinajstić information content (AvgIpc) is 2.46. The van der Waals surface area contributed by atoms with Gasteiger partial charge in [-0.2, -0.15) is 0 Å². The molecule has 2 aromatic carbocycles. The van der Waals surface area contributed by atoms with Gasteiger partial charge in [-0.05, 0) is 18.2 Å². The molecule has 2 rings (SSSR count). The van der Waals surface area contributed by atoms with Gasteiger partial charge < -0.3 is 4.74 Å². The predicted octanol–water partition coefficient (Wildman–Crippen LogP) is 4.92. The molecule has 2 aromatic rings. The lowest BCUT2D eigenvalue weighted by atomic mass is 10.2. The van der Waals surface area contributed by atoms with Crippen molar-refractivity contribution in [1.82, 2.24) is 0 Å². The molecule has 0 spiro atoms. The Labute approximate surface area is 124 Å². The Morgan fingerprint density at radius 2 is 1.89 bits per heavy atom. The van der Waals surface area contributed by atoms with Crippen LogP contribution in [0.2, 0.25) is 5.02 Å². The third-order valence-corrected chi connectivity index (χ3v) is 3.13. The second-order valence-electron chi connectivity index (χ2n) is 3.74. The fourth-order valence-electron chi connectivity index (χ4n) is 1.57. The van der Waals surface area contributed by atoms with E-state index in [1.54, 1.807) is 23.2 Å². The number of halogens is 2. The fraction of sp³-hybridized carbons (Fsp3) is 0. The van der Waals surface area contributed by atoms with Crippen molar-refractivity contribution in [2.75, 3.05) is 0 Å². The summed E-state index contributed by atoms with van der Waals surface area (Å²) < 4.78 is 5.75. The minimum atomic E-state index is 0.412. The molecular formula is C15H10BrClO2. The number of hydrogen-bond donors (Lipinski definition) is 0. The fourth-order valence-corrected chi connectivity index (χ4v) is 2.11. The van der Waals surface area contributed by atoms with Crippen LogP contribution in [0.25, 0.3) is 5.76 Å². The first-order chi connectivity index (χ1) is 9.24. The van der Waals surface area contributed by atoms with E-state index in [0.717, 1.165) is 11.8 Å². The van der Waals surface area contributed by atoms with Crippen molar-refractivity contribution in [3.05, 3.63) is 69.7 Å². The molecule has 0 atom stereocenters. The molecule has 0 N–H and O–H groups in total. The Hall–Kier alpha value is -1.58. The van der Waals surface area contributed by atoms with Crippen molar-refractivity contribution in [3.63, 3.8) is 0 Å². The number of ether oxygens (including phenoxy) is 1. The monoisotopic (exact) mass is 336 g/mol. The molecule has 0 amide bonds. The van der Waals surface area contributed by atoms with E-state index in [9.17, 15) is 4.79 Å². The lowest BCUT2D eigenvalue weighted by Crippen LogP contribution is -1.97. The molecule has 4 heteroatoms. The van der Waals surface area contributed by atoms with Gasteiger partial charge in [0.1, 0.15) is 11.5 Å². The van der Waals surface area contributed by atoms with E-state index >= 15 is 0 Å². The number of hydrogen-bond acceptors (Lipinski definition) is 2. The normalized spacial score (nSPS) is 11.2. The van der Waals surface area contributed by atoms with Crippen LogP contribution in [0.3, 0.4) is 0 Å². The molecule has 19 heavy (non-hydrogen) atoms. The first-order valence-electron chi connectivity index (χ1n) is 5.53. The molecule has 0 saturated carbocycles. The van der Waals surface area contributed by atoms with Gasteiger partial charge in [-0.3, -0.25) is 4.79 Å². The van der Waals surface area contributed by atoms with E-state index in [2.05, 4.69) is 15.9 Å². The van der Waals surface area contributed by atoms with Crippen LogP contribution in [-0.2, 0) is 0 Å². The molecule has 0 bridgehead atoms. The number of benzene rings is 2. The van der Waals surface area contributed by atoms with Gasteiger partial charge in [0.15, 0.2) is 6.29 Å². The maximum absolute atomic E-state index is 11.0. The Balaban J connectivity index is 2.32. The van der Waals surface area contributed by atoms with Crippen LogP contribution in [-0.4, -0.2) is 6.29 Å². The maximum atomic E-state index is 11.0. The van der Waals surface area contributed by atoms with Crippen molar-refractivity contribution >= 4 is 39.6 Å². The molecule has 0 saturated heterocycles. The molecule has 0 fully saturated rings. The second kappa shape index (κ2) is 6.55. The molecule has 0 heterocycles. The molecule has 0 unspecified atom stereocenters. The Kier molecular flexibility index (Phi) is 4.77. The summed E-state index contributed by atoms with van der Waals surface area (Å²) in [6.07, 6.45) is 0.720.